The topological polar surface area (TPSA) is 36.0 Å². The van der Waals surface area contributed by atoms with Crippen molar-refractivity contribution in [2.45, 2.75) is 44.6 Å². The lowest BCUT2D eigenvalue weighted by atomic mass is 9.78. The van der Waals surface area contributed by atoms with Crippen molar-refractivity contribution in [3.8, 4) is 5.75 Å². The molecule has 5 heteroatoms. The average molecular weight is 372 g/mol. The van der Waals surface area contributed by atoms with E-state index in [1.54, 1.807) is 7.11 Å². The first-order valence-electron chi connectivity index (χ1n) is 10.7. The van der Waals surface area contributed by atoms with Crippen LogP contribution < -0.4 is 9.64 Å². The van der Waals surface area contributed by atoms with Crippen molar-refractivity contribution < 1.29 is 9.53 Å². The van der Waals surface area contributed by atoms with Gasteiger partial charge in [0.2, 0.25) is 5.91 Å². The van der Waals surface area contributed by atoms with Crippen molar-refractivity contribution in [1.82, 2.24) is 9.80 Å². The standard InChI is InChI=1S/C22H33N3O2/c1-27-21-11-5-4-10-20(21)23-13-15-24(16-14-23)22(26)17-25-12-6-8-18-7-2-3-9-19(18)25/h4-5,10-11,18-19H,2-3,6-9,12-17H2,1H3/t18-,19-/m0/s1. The van der Waals surface area contributed by atoms with Crippen molar-refractivity contribution in [1.29, 1.82) is 0 Å². The number of carbonyl (C=O) groups is 1. The predicted octanol–water partition coefficient (Wildman–Crippen LogP) is 3.00. The molecule has 3 aliphatic rings. The second-order valence-electron chi connectivity index (χ2n) is 8.26. The Balaban J connectivity index is 1.32. The maximum atomic E-state index is 12.9. The molecule has 0 unspecified atom stereocenters. The van der Waals surface area contributed by atoms with Gasteiger partial charge in [-0.25, -0.2) is 0 Å². The number of hydrogen-bond acceptors (Lipinski definition) is 4. The lowest BCUT2D eigenvalue weighted by Gasteiger charge is -2.45. The minimum absolute atomic E-state index is 0.320. The van der Waals surface area contributed by atoms with Gasteiger partial charge in [-0.2, -0.15) is 0 Å². The van der Waals surface area contributed by atoms with Crippen LogP contribution in [-0.4, -0.2) is 68.1 Å². The van der Waals surface area contributed by atoms with Gasteiger partial charge in [-0.3, -0.25) is 9.69 Å². The third-order valence-electron chi connectivity index (χ3n) is 6.75. The molecule has 0 bridgehead atoms. The summed E-state index contributed by atoms with van der Waals surface area (Å²) in [5.41, 5.74) is 1.13. The van der Waals surface area contributed by atoms with Gasteiger partial charge >= 0.3 is 0 Å². The first-order valence-corrected chi connectivity index (χ1v) is 10.7. The van der Waals surface area contributed by atoms with Crippen molar-refractivity contribution in [3.05, 3.63) is 24.3 Å². The Kier molecular flexibility index (Phi) is 5.86. The molecule has 0 radical (unpaired) electrons. The van der Waals surface area contributed by atoms with E-state index in [1.807, 2.05) is 18.2 Å². The lowest BCUT2D eigenvalue weighted by molar-refractivity contribution is -0.134. The Labute approximate surface area is 163 Å². The summed E-state index contributed by atoms with van der Waals surface area (Å²) in [7, 11) is 1.72. The molecule has 3 fully saturated rings. The third kappa shape index (κ3) is 4.08. The Morgan fingerprint density at radius 3 is 2.56 bits per heavy atom. The Bertz CT molecular complexity index is 640. The van der Waals surface area contributed by atoms with Crippen LogP contribution in [0.3, 0.4) is 0 Å². The molecule has 0 N–H and O–H groups in total. The second-order valence-corrected chi connectivity index (χ2v) is 8.26. The fourth-order valence-electron chi connectivity index (χ4n) is 5.29. The van der Waals surface area contributed by atoms with E-state index in [-0.39, 0.29) is 0 Å². The molecule has 2 aliphatic heterocycles. The van der Waals surface area contributed by atoms with Gasteiger partial charge in [0.1, 0.15) is 5.75 Å². The zero-order valence-electron chi connectivity index (χ0n) is 16.6. The summed E-state index contributed by atoms with van der Waals surface area (Å²) in [6, 6.07) is 8.81. The van der Waals surface area contributed by atoms with E-state index in [0.717, 1.165) is 50.1 Å². The number of para-hydroxylation sites is 2. The zero-order chi connectivity index (χ0) is 18.6. The molecule has 5 nitrogen and oxygen atoms in total. The lowest BCUT2D eigenvalue weighted by Crippen LogP contribution is -2.54. The smallest absolute Gasteiger partial charge is 0.236 e. The fraction of sp³-hybridized carbons (Fsp3) is 0.682. The highest BCUT2D eigenvalue weighted by Gasteiger charge is 2.35. The number of rotatable bonds is 4. The minimum atomic E-state index is 0.320. The number of benzene rings is 1. The third-order valence-corrected chi connectivity index (χ3v) is 6.75. The molecule has 148 valence electrons. The molecule has 2 saturated heterocycles. The van der Waals surface area contributed by atoms with E-state index in [2.05, 4.69) is 20.8 Å². The summed E-state index contributed by atoms with van der Waals surface area (Å²) >= 11 is 0. The van der Waals surface area contributed by atoms with E-state index in [0.29, 0.717) is 18.5 Å². The number of hydrogen-bond donors (Lipinski definition) is 0. The van der Waals surface area contributed by atoms with Crippen LogP contribution in [0.25, 0.3) is 0 Å². The van der Waals surface area contributed by atoms with E-state index < -0.39 is 0 Å². The van der Waals surface area contributed by atoms with Crippen LogP contribution in [0.4, 0.5) is 5.69 Å². The molecular weight excluding hydrogens is 338 g/mol. The van der Waals surface area contributed by atoms with Crippen LogP contribution in [0, 0.1) is 5.92 Å². The van der Waals surface area contributed by atoms with E-state index in [4.69, 9.17) is 4.74 Å². The summed E-state index contributed by atoms with van der Waals surface area (Å²) in [5.74, 6) is 2.07. The SMILES string of the molecule is COc1ccccc1N1CCN(C(=O)CN2CCC[C@@H]3CCCC[C@@H]32)CC1. The van der Waals surface area contributed by atoms with Crippen molar-refractivity contribution in [2.75, 3.05) is 51.3 Å². The summed E-state index contributed by atoms with van der Waals surface area (Å²) in [5, 5.41) is 0. The number of piperazine rings is 1. The number of methoxy groups -OCH3 is 1. The summed E-state index contributed by atoms with van der Waals surface area (Å²) < 4.78 is 5.49. The molecule has 1 amide bonds. The highest BCUT2D eigenvalue weighted by Crippen LogP contribution is 2.35. The molecule has 0 spiro atoms. The van der Waals surface area contributed by atoms with Gasteiger partial charge in [0.05, 0.1) is 19.3 Å². The number of nitrogens with zero attached hydrogens (tertiary/aromatic N) is 3. The van der Waals surface area contributed by atoms with Crippen LogP contribution >= 0.6 is 0 Å². The van der Waals surface area contributed by atoms with Crippen molar-refractivity contribution in [2.24, 2.45) is 5.92 Å². The van der Waals surface area contributed by atoms with E-state index >= 15 is 0 Å². The maximum absolute atomic E-state index is 12.9. The molecule has 4 rings (SSSR count). The molecule has 1 aliphatic carbocycles. The summed E-state index contributed by atoms with van der Waals surface area (Å²) in [6.07, 6.45) is 8.01. The minimum Gasteiger partial charge on any atom is -0.495 e. The normalized spacial score (nSPS) is 26.6. The van der Waals surface area contributed by atoms with Gasteiger partial charge in [-0.1, -0.05) is 25.0 Å². The van der Waals surface area contributed by atoms with Crippen LogP contribution in [0.1, 0.15) is 38.5 Å². The van der Waals surface area contributed by atoms with Crippen LogP contribution in [0.2, 0.25) is 0 Å². The molecule has 0 aromatic heterocycles. The van der Waals surface area contributed by atoms with Gasteiger partial charge in [0, 0.05) is 32.2 Å². The number of ether oxygens (including phenoxy) is 1. The Hall–Kier alpha value is -1.75. The highest BCUT2D eigenvalue weighted by molar-refractivity contribution is 5.78. The molecule has 2 atom stereocenters. The first kappa shape index (κ1) is 18.6. The summed E-state index contributed by atoms with van der Waals surface area (Å²) in [6.45, 7) is 5.08. The number of fused-ring (bicyclic) bond motifs is 1. The molecular formula is C22H33N3O2. The second kappa shape index (κ2) is 8.51. The Morgan fingerprint density at radius 1 is 1.00 bits per heavy atom. The van der Waals surface area contributed by atoms with Gasteiger partial charge in [0.25, 0.3) is 0 Å². The number of piperidine rings is 1. The molecule has 1 aromatic carbocycles. The highest BCUT2D eigenvalue weighted by atomic mass is 16.5. The average Bonchev–Trinajstić information content (AvgIpc) is 2.74. The molecule has 1 aromatic rings. The Morgan fingerprint density at radius 2 is 1.74 bits per heavy atom. The van der Waals surface area contributed by atoms with Crippen LogP contribution in [0.5, 0.6) is 5.75 Å². The van der Waals surface area contributed by atoms with Gasteiger partial charge < -0.3 is 14.5 Å². The molecule has 2 heterocycles. The fourth-order valence-corrected chi connectivity index (χ4v) is 5.29. The van der Waals surface area contributed by atoms with Crippen LogP contribution in [-0.2, 0) is 4.79 Å². The van der Waals surface area contributed by atoms with Gasteiger partial charge in [-0.15, -0.1) is 0 Å². The van der Waals surface area contributed by atoms with Crippen molar-refractivity contribution in [3.63, 3.8) is 0 Å². The molecule has 27 heavy (non-hydrogen) atoms. The van der Waals surface area contributed by atoms with Gasteiger partial charge in [-0.05, 0) is 50.3 Å². The monoisotopic (exact) mass is 371 g/mol. The molecule has 1 saturated carbocycles. The van der Waals surface area contributed by atoms with Crippen molar-refractivity contribution >= 4 is 11.6 Å². The zero-order valence-corrected chi connectivity index (χ0v) is 16.6. The summed E-state index contributed by atoms with van der Waals surface area (Å²) in [4.78, 5) is 19.9. The number of carbonyl (C=O) groups excluding carboxylic acids is 1. The largest absolute Gasteiger partial charge is 0.495 e. The predicted molar refractivity (Wildman–Crippen MR) is 108 cm³/mol. The first-order chi connectivity index (χ1) is 13.3. The van der Waals surface area contributed by atoms with E-state index in [1.165, 1.54) is 38.5 Å². The number of likely N-dealkylation sites (tertiary alicyclic amines) is 1. The number of amides is 1. The van der Waals surface area contributed by atoms with E-state index in [9.17, 15) is 4.79 Å². The maximum Gasteiger partial charge on any atom is 0.236 e. The van der Waals surface area contributed by atoms with Crippen LogP contribution in [0.15, 0.2) is 24.3 Å². The van der Waals surface area contributed by atoms with Gasteiger partial charge in [0.15, 0.2) is 0 Å². The quantitative estimate of drug-likeness (QED) is 0.815. The number of anilines is 1.